The zero-order valence-corrected chi connectivity index (χ0v) is 14.8. The Balaban J connectivity index is 1.44. The van der Waals surface area contributed by atoms with Gasteiger partial charge in [0.25, 0.3) is 0 Å². The number of nitrogens with zero attached hydrogens (tertiary/aromatic N) is 3. The maximum atomic E-state index is 12.0. The van der Waals surface area contributed by atoms with Crippen LogP contribution in [0.2, 0.25) is 0 Å². The highest BCUT2D eigenvalue weighted by Crippen LogP contribution is 2.31. The molecule has 2 aromatic rings. The number of aromatic nitrogens is 5. The first-order valence-corrected chi connectivity index (χ1v) is 9.56. The molecule has 0 aromatic carbocycles. The summed E-state index contributed by atoms with van der Waals surface area (Å²) < 4.78 is 0. The van der Waals surface area contributed by atoms with Crippen LogP contribution in [-0.2, 0) is 4.79 Å². The number of hydrogen-bond acceptors (Lipinski definition) is 5. The maximum Gasteiger partial charge on any atom is 0.226 e. The molecule has 1 aliphatic carbocycles. The fourth-order valence-corrected chi connectivity index (χ4v) is 3.81. The van der Waals surface area contributed by atoms with Crippen molar-refractivity contribution >= 4 is 23.5 Å². The summed E-state index contributed by atoms with van der Waals surface area (Å²) in [5.41, 5.74) is 1.15. The summed E-state index contributed by atoms with van der Waals surface area (Å²) in [6, 6.07) is 1.99. The van der Waals surface area contributed by atoms with Crippen molar-refractivity contribution in [2.24, 2.45) is 0 Å². The van der Waals surface area contributed by atoms with Crippen LogP contribution in [0.15, 0.2) is 11.2 Å². The van der Waals surface area contributed by atoms with Crippen LogP contribution in [0.5, 0.6) is 0 Å². The van der Waals surface area contributed by atoms with Crippen LogP contribution in [-0.4, -0.2) is 37.0 Å². The van der Waals surface area contributed by atoms with E-state index in [1.807, 2.05) is 13.0 Å². The molecule has 0 spiro atoms. The minimum Gasteiger partial charge on any atom is -0.309 e. The molecule has 0 unspecified atom stereocenters. The van der Waals surface area contributed by atoms with E-state index in [4.69, 9.17) is 0 Å². The van der Waals surface area contributed by atoms with E-state index in [9.17, 15) is 4.79 Å². The van der Waals surface area contributed by atoms with Crippen molar-refractivity contribution in [2.45, 2.75) is 62.9 Å². The summed E-state index contributed by atoms with van der Waals surface area (Å²) in [6.07, 6.45) is 8.05. The van der Waals surface area contributed by atoms with Gasteiger partial charge in [-0.3, -0.25) is 15.0 Å². The second-order valence-electron chi connectivity index (χ2n) is 6.25. The summed E-state index contributed by atoms with van der Waals surface area (Å²) in [5.74, 6) is 2.56. The fourth-order valence-electron chi connectivity index (χ4n) is 3.03. The van der Waals surface area contributed by atoms with E-state index in [-0.39, 0.29) is 5.91 Å². The van der Waals surface area contributed by atoms with Gasteiger partial charge in [-0.15, -0.1) is 5.10 Å². The molecule has 7 nitrogen and oxygen atoms in total. The van der Waals surface area contributed by atoms with Crippen LogP contribution < -0.4 is 5.32 Å². The highest BCUT2D eigenvalue weighted by atomic mass is 32.2. The molecule has 0 bridgehead atoms. The number of aromatic amines is 2. The molecule has 1 saturated carbocycles. The van der Waals surface area contributed by atoms with Crippen molar-refractivity contribution in [2.75, 3.05) is 11.1 Å². The Kier molecular flexibility index (Phi) is 5.90. The molecule has 2 heterocycles. The molecule has 8 heteroatoms. The highest BCUT2D eigenvalue weighted by Gasteiger charge is 2.17. The van der Waals surface area contributed by atoms with E-state index >= 15 is 0 Å². The van der Waals surface area contributed by atoms with Crippen molar-refractivity contribution in [3.8, 4) is 0 Å². The molecule has 0 atom stereocenters. The Morgan fingerprint density at radius 1 is 1.25 bits per heavy atom. The van der Waals surface area contributed by atoms with Gasteiger partial charge in [0, 0.05) is 29.9 Å². The monoisotopic (exact) mass is 348 g/mol. The molecule has 3 rings (SSSR count). The molecule has 2 aromatic heterocycles. The van der Waals surface area contributed by atoms with E-state index in [1.54, 1.807) is 0 Å². The Morgan fingerprint density at radius 2 is 2.04 bits per heavy atom. The third kappa shape index (κ3) is 4.83. The maximum absolute atomic E-state index is 12.0. The molecule has 3 N–H and O–H groups in total. The zero-order chi connectivity index (χ0) is 16.8. The minimum absolute atomic E-state index is 0.0336. The number of carbonyl (C=O) groups excluding carboxylic acids is 1. The molecule has 1 aliphatic rings. The summed E-state index contributed by atoms with van der Waals surface area (Å²) in [6.45, 7) is 1.85. The number of thioether (sulfide) groups is 1. The van der Waals surface area contributed by atoms with Crippen LogP contribution >= 0.6 is 11.8 Å². The van der Waals surface area contributed by atoms with Crippen LogP contribution in [0.1, 0.15) is 62.4 Å². The summed E-state index contributed by atoms with van der Waals surface area (Å²) in [7, 11) is 0. The van der Waals surface area contributed by atoms with Gasteiger partial charge >= 0.3 is 0 Å². The first-order valence-electron chi connectivity index (χ1n) is 8.57. The van der Waals surface area contributed by atoms with Gasteiger partial charge < -0.3 is 5.32 Å². The van der Waals surface area contributed by atoms with Crippen molar-refractivity contribution < 1.29 is 4.79 Å². The van der Waals surface area contributed by atoms with Crippen LogP contribution in [0.25, 0.3) is 0 Å². The van der Waals surface area contributed by atoms with Crippen molar-refractivity contribution in [1.82, 2.24) is 25.4 Å². The third-order valence-corrected chi connectivity index (χ3v) is 5.15. The van der Waals surface area contributed by atoms with Gasteiger partial charge in [0.05, 0.1) is 0 Å². The number of aryl methyl sites for hydroxylation is 1. The molecule has 1 fully saturated rings. The van der Waals surface area contributed by atoms with E-state index in [0.29, 0.717) is 29.1 Å². The lowest BCUT2D eigenvalue weighted by atomic mass is 9.97. The minimum atomic E-state index is -0.0336. The van der Waals surface area contributed by atoms with E-state index < -0.39 is 0 Å². The number of H-pyrrole nitrogens is 2. The lowest BCUT2D eigenvalue weighted by Crippen LogP contribution is -2.12. The second-order valence-corrected chi connectivity index (χ2v) is 7.31. The van der Waals surface area contributed by atoms with Gasteiger partial charge in [-0.25, -0.2) is 4.98 Å². The molecular formula is C16H24N6OS. The standard InChI is InChI=1S/C16H24N6OS/c1-11-17-16(22-19-11)24-9-8-15(23)18-14-10-13(20-21-14)12-6-4-2-3-5-7-12/h10,12H,2-9H2,1H3,(H,17,19,22)(H2,18,20,21,23). The number of carbonyl (C=O) groups is 1. The molecular weight excluding hydrogens is 324 g/mol. The van der Waals surface area contributed by atoms with Crippen LogP contribution in [0.3, 0.4) is 0 Å². The Hall–Kier alpha value is -1.83. The van der Waals surface area contributed by atoms with Crippen molar-refractivity contribution in [1.29, 1.82) is 0 Å². The molecule has 0 aliphatic heterocycles. The molecule has 0 radical (unpaired) electrons. The average molecular weight is 348 g/mol. The van der Waals surface area contributed by atoms with Gasteiger partial charge in [0.15, 0.2) is 5.82 Å². The first kappa shape index (κ1) is 17.0. The fraction of sp³-hybridized carbons (Fsp3) is 0.625. The van der Waals surface area contributed by atoms with Crippen molar-refractivity contribution in [3.63, 3.8) is 0 Å². The normalized spacial score (nSPS) is 16.0. The summed E-state index contributed by atoms with van der Waals surface area (Å²) in [4.78, 5) is 16.2. The molecule has 130 valence electrons. The third-order valence-electron chi connectivity index (χ3n) is 4.30. The SMILES string of the molecule is Cc1nc(SCCC(=O)Nc2cc(C3CCCCCC3)[nH]n2)n[nH]1. The number of amides is 1. The lowest BCUT2D eigenvalue weighted by Gasteiger charge is -2.10. The topological polar surface area (TPSA) is 99.3 Å². The van der Waals surface area contributed by atoms with Crippen molar-refractivity contribution in [3.05, 3.63) is 17.6 Å². The van der Waals surface area contributed by atoms with E-state index in [1.165, 1.54) is 50.3 Å². The summed E-state index contributed by atoms with van der Waals surface area (Å²) in [5, 5.41) is 17.7. The Bertz CT molecular complexity index is 659. The van der Waals surface area contributed by atoms with E-state index in [0.717, 1.165) is 11.5 Å². The Labute approximate surface area is 145 Å². The smallest absolute Gasteiger partial charge is 0.226 e. The Morgan fingerprint density at radius 3 is 2.75 bits per heavy atom. The number of rotatable bonds is 6. The predicted molar refractivity (Wildman–Crippen MR) is 94.1 cm³/mol. The second kappa shape index (κ2) is 8.32. The van der Waals surface area contributed by atoms with Gasteiger partial charge in [0.2, 0.25) is 11.1 Å². The van der Waals surface area contributed by atoms with E-state index in [2.05, 4.69) is 30.7 Å². The van der Waals surface area contributed by atoms with Crippen LogP contribution in [0, 0.1) is 6.92 Å². The van der Waals surface area contributed by atoms with Crippen LogP contribution in [0.4, 0.5) is 5.82 Å². The first-order chi connectivity index (χ1) is 11.7. The van der Waals surface area contributed by atoms with Gasteiger partial charge in [-0.2, -0.15) is 5.10 Å². The highest BCUT2D eigenvalue weighted by molar-refractivity contribution is 7.99. The zero-order valence-electron chi connectivity index (χ0n) is 14.0. The largest absolute Gasteiger partial charge is 0.309 e. The number of hydrogen-bond donors (Lipinski definition) is 3. The molecule has 24 heavy (non-hydrogen) atoms. The quantitative estimate of drug-likeness (QED) is 0.549. The summed E-state index contributed by atoms with van der Waals surface area (Å²) >= 11 is 1.47. The molecule has 1 amide bonds. The average Bonchev–Trinajstić information content (AvgIpc) is 3.09. The molecule has 0 saturated heterocycles. The van der Waals surface area contributed by atoms with Gasteiger partial charge in [-0.1, -0.05) is 37.4 Å². The predicted octanol–water partition coefficient (Wildman–Crippen LogP) is 3.39. The van der Waals surface area contributed by atoms with Gasteiger partial charge in [-0.05, 0) is 19.8 Å². The van der Waals surface area contributed by atoms with Gasteiger partial charge in [0.1, 0.15) is 5.82 Å². The number of anilines is 1. The number of nitrogens with one attached hydrogen (secondary N) is 3. The lowest BCUT2D eigenvalue weighted by molar-refractivity contribution is -0.115.